The van der Waals surface area contributed by atoms with E-state index in [0.717, 1.165) is 22.9 Å². The second-order valence-corrected chi connectivity index (χ2v) is 8.16. The number of ether oxygens (including phenoxy) is 2. The number of nitrogens with one attached hydrogen (secondary N) is 1. The van der Waals surface area contributed by atoms with Gasteiger partial charge in [0.15, 0.2) is 16.7 Å². The van der Waals surface area contributed by atoms with E-state index in [2.05, 4.69) is 10.3 Å². The molecule has 8 heteroatoms. The molecule has 1 aliphatic heterocycles. The normalized spacial score (nSPS) is 14.1. The minimum absolute atomic E-state index is 0.0483. The number of amides is 1. The molecule has 0 fully saturated rings. The SMILES string of the molecule is COc1ccc([C@@H](C)NC(=O)c2ccc3c(=O)n4c(nc3c2)SCCC4)cc1OC. The van der Waals surface area contributed by atoms with Crippen molar-refractivity contribution < 1.29 is 14.3 Å². The highest BCUT2D eigenvalue weighted by Crippen LogP contribution is 2.30. The van der Waals surface area contributed by atoms with E-state index >= 15 is 0 Å². The maximum atomic E-state index is 12.8. The van der Waals surface area contributed by atoms with Gasteiger partial charge in [-0.15, -0.1) is 0 Å². The lowest BCUT2D eigenvalue weighted by molar-refractivity contribution is 0.0940. The zero-order valence-corrected chi connectivity index (χ0v) is 17.9. The molecule has 0 radical (unpaired) electrons. The minimum Gasteiger partial charge on any atom is -0.493 e. The van der Waals surface area contributed by atoms with E-state index in [1.165, 1.54) is 0 Å². The summed E-state index contributed by atoms with van der Waals surface area (Å²) in [5.41, 5.74) is 1.86. The molecule has 30 heavy (non-hydrogen) atoms. The summed E-state index contributed by atoms with van der Waals surface area (Å²) in [7, 11) is 3.16. The van der Waals surface area contributed by atoms with Crippen LogP contribution in [-0.2, 0) is 6.54 Å². The average Bonchev–Trinajstić information content (AvgIpc) is 2.78. The van der Waals surface area contributed by atoms with Gasteiger partial charge in [0.1, 0.15) is 0 Å². The van der Waals surface area contributed by atoms with Crippen molar-refractivity contribution in [2.45, 2.75) is 31.1 Å². The summed E-state index contributed by atoms with van der Waals surface area (Å²) in [5, 5.41) is 4.24. The standard InChI is InChI=1S/C22H23N3O4S/c1-13(14-6-8-18(28-2)19(12-14)29-3)23-20(26)15-5-7-16-17(11-15)24-22-25(21(16)27)9-4-10-30-22/h5-8,11-13H,4,9-10H2,1-3H3,(H,23,26)/t13-/m1/s1. The summed E-state index contributed by atoms with van der Waals surface area (Å²) in [6, 6.07) is 10.3. The third kappa shape index (κ3) is 3.75. The van der Waals surface area contributed by atoms with E-state index in [0.29, 0.717) is 34.5 Å². The third-order valence-electron chi connectivity index (χ3n) is 5.19. The van der Waals surface area contributed by atoms with Crippen LogP contribution in [0.1, 0.15) is 35.3 Å². The van der Waals surface area contributed by atoms with Crippen molar-refractivity contribution in [1.82, 2.24) is 14.9 Å². The number of hydrogen-bond acceptors (Lipinski definition) is 6. The summed E-state index contributed by atoms with van der Waals surface area (Å²) in [6.45, 7) is 2.59. The average molecular weight is 426 g/mol. The van der Waals surface area contributed by atoms with Gasteiger partial charge < -0.3 is 14.8 Å². The zero-order chi connectivity index (χ0) is 21.3. The predicted molar refractivity (Wildman–Crippen MR) is 117 cm³/mol. The molecule has 1 aliphatic rings. The molecule has 4 rings (SSSR count). The fraction of sp³-hybridized carbons (Fsp3) is 0.318. The number of rotatable bonds is 5. The molecule has 0 spiro atoms. The molecule has 2 heterocycles. The molecule has 156 valence electrons. The first kappa shape index (κ1) is 20.3. The van der Waals surface area contributed by atoms with Crippen molar-refractivity contribution in [3.05, 3.63) is 57.9 Å². The zero-order valence-electron chi connectivity index (χ0n) is 17.1. The van der Waals surface area contributed by atoms with Crippen molar-refractivity contribution in [2.24, 2.45) is 0 Å². The Morgan fingerprint density at radius 3 is 2.73 bits per heavy atom. The van der Waals surface area contributed by atoms with Gasteiger partial charge in [0, 0.05) is 17.9 Å². The first-order valence-electron chi connectivity index (χ1n) is 9.72. The highest BCUT2D eigenvalue weighted by molar-refractivity contribution is 7.99. The van der Waals surface area contributed by atoms with E-state index in [1.54, 1.807) is 48.7 Å². The van der Waals surface area contributed by atoms with Crippen LogP contribution in [0.2, 0.25) is 0 Å². The van der Waals surface area contributed by atoms with Crippen LogP contribution >= 0.6 is 11.8 Å². The molecule has 3 aromatic rings. The lowest BCUT2D eigenvalue weighted by Crippen LogP contribution is -2.28. The van der Waals surface area contributed by atoms with Crippen molar-refractivity contribution in [3.8, 4) is 11.5 Å². The van der Waals surface area contributed by atoms with Crippen LogP contribution in [0.5, 0.6) is 11.5 Å². The molecule has 1 N–H and O–H groups in total. The molecule has 0 bridgehead atoms. The van der Waals surface area contributed by atoms with Gasteiger partial charge in [-0.25, -0.2) is 4.98 Å². The fourth-order valence-corrected chi connectivity index (χ4v) is 4.47. The van der Waals surface area contributed by atoms with Crippen LogP contribution in [0, 0.1) is 0 Å². The monoisotopic (exact) mass is 425 g/mol. The summed E-state index contributed by atoms with van der Waals surface area (Å²) in [6.07, 6.45) is 0.958. The van der Waals surface area contributed by atoms with Gasteiger partial charge in [0.25, 0.3) is 11.5 Å². The van der Waals surface area contributed by atoms with E-state index in [1.807, 2.05) is 25.1 Å². The largest absolute Gasteiger partial charge is 0.493 e. The van der Waals surface area contributed by atoms with Gasteiger partial charge in [-0.2, -0.15) is 0 Å². The number of carbonyl (C=O) groups excluding carboxylic acids is 1. The van der Waals surface area contributed by atoms with Crippen LogP contribution in [0.3, 0.4) is 0 Å². The van der Waals surface area contributed by atoms with Crippen LogP contribution in [0.25, 0.3) is 10.9 Å². The lowest BCUT2D eigenvalue weighted by Gasteiger charge is -2.18. The molecular formula is C22H23N3O4S. The summed E-state index contributed by atoms with van der Waals surface area (Å²) in [4.78, 5) is 30.2. The Bertz CT molecular complexity index is 1170. The van der Waals surface area contributed by atoms with E-state index < -0.39 is 0 Å². The number of fused-ring (bicyclic) bond motifs is 2. The first-order valence-corrected chi connectivity index (χ1v) is 10.7. The van der Waals surface area contributed by atoms with Crippen molar-refractivity contribution in [1.29, 1.82) is 0 Å². The van der Waals surface area contributed by atoms with Crippen LogP contribution in [0.15, 0.2) is 46.3 Å². The number of aromatic nitrogens is 2. The molecule has 2 aromatic carbocycles. The van der Waals surface area contributed by atoms with Crippen molar-refractivity contribution in [3.63, 3.8) is 0 Å². The van der Waals surface area contributed by atoms with Gasteiger partial charge >= 0.3 is 0 Å². The van der Waals surface area contributed by atoms with Crippen molar-refractivity contribution >= 4 is 28.6 Å². The van der Waals surface area contributed by atoms with Crippen LogP contribution < -0.4 is 20.3 Å². The Morgan fingerprint density at radius 2 is 1.97 bits per heavy atom. The fourth-order valence-electron chi connectivity index (χ4n) is 3.52. The summed E-state index contributed by atoms with van der Waals surface area (Å²) in [5.74, 6) is 1.95. The van der Waals surface area contributed by atoms with Gasteiger partial charge in [0.05, 0.1) is 31.2 Å². The third-order valence-corrected chi connectivity index (χ3v) is 6.26. The van der Waals surface area contributed by atoms with E-state index in [4.69, 9.17) is 9.47 Å². The Kier molecular flexibility index (Phi) is 5.67. The smallest absolute Gasteiger partial charge is 0.262 e. The minimum atomic E-state index is -0.245. The molecule has 1 aromatic heterocycles. The van der Waals surface area contributed by atoms with Gasteiger partial charge in [0.2, 0.25) is 0 Å². The summed E-state index contributed by atoms with van der Waals surface area (Å²) < 4.78 is 12.3. The van der Waals surface area contributed by atoms with E-state index in [9.17, 15) is 9.59 Å². The lowest BCUT2D eigenvalue weighted by atomic mass is 10.1. The van der Waals surface area contributed by atoms with Crippen LogP contribution in [-0.4, -0.2) is 35.4 Å². The maximum Gasteiger partial charge on any atom is 0.262 e. The molecular weight excluding hydrogens is 402 g/mol. The maximum absolute atomic E-state index is 12.8. The number of nitrogens with zero attached hydrogens (tertiary/aromatic N) is 2. The van der Waals surface area contributed by atoms with E-state index in [-0.39, 0.29) is 17.5 Å². The Morgan fingerprint density at radius 1 is 1.17 bits per heavy atom. The molecule has 0 unspecified atom stereocenters. The molecule has 0 aliphatic carbocycles. The Hall–Kier alpha value is -3.00. The number of carbonyl (C=O) groups is 1. The number of thioether (sulfide) groups is 1. The van der Waals surface area contributed by atoms with Crippen LogP contribution in [0.4, 0.5) is 0 Å². The van der Waals surface area contributed by atoms with Gasteiger partial charge in [-0.1, -0.05) is 17.8 Å². The predicted octanol–water partition coefficient (Wildman–Crippen LogP) is 3.40. The second-order valence-electron chi connectivity index (χ2n) is 7.09. The number of hydrogen-bond donors (Lipinski definition) is 1. The van der Waals surface area contributed by atoms with Gasteiger partial charge in [-0.05, 0) is 49.2 Å². The molecule has 7 nitrogen and oxygen atoms in total. The molecule has 0 saturated heterocycles. The molecule has 0 saturated carbocycles. The molecule has 1 atom stereocenters. The Labute approximate surface area is 178 Å². The topological polar surface area (TPSA) is 82.5 Å². The Balaban J connectivity index is 1.59. The summed E-state index contributed by atoms with van der Waals surface area (Å²) >= 11 is 1.58. The molecule has 1 amide bonds. The number of methoxy groups -OCH3 is 2. The highest BCUT2D eigenvalue weighted by Gasteiger charge is 2.18. The first-order chi connectivity index (χ1) is 14.5. The van der Waals surface area contributed by atoms with Crippen molar-refractivity contribution in [2.75, 3.05) is 20.0 Å². The highest BCUT2D eigenvalue weighted by atomic mass is 32.2. The number of benzene rings is 2. The quantitative estimate of drug-likeness (QED) is 0.631. The second kappa shape index (κ2) is 8.39. The van der Waals surface area contributed by atoms with Gasteiger partial charge in [-0.3, -0.25) is 14.2 Å².